The maximum Gasteiger partial charge on any atom is 0.0640 e. The van der Waals surface area contributed by atoms with E-state index < -0.39 is 6.04 Å². The van der Waals surface area contributed by atoms with Crippen molar-refractivity contribution in [3.63, 3.8) is 0 Å². The van der Waals surface area contributed by atoms with Crippen LogP contribution < -0.4 is 5.73 Å². The number of halogens is 2. The van der Waals surface area contributed by atoms with E-state index in [0.717, 1.165) is 0 Å². The topological polar surface area (TPSA) is 46.2 Å². The lowest BCUT2D eigenvalue weighted by molar-refractivity contribution is 0.268. The standard InChI is InChI=1S/C8H9Cl2NO/c9-6-3-1-2-5(8(6)10)7(11)4-12/h1-3,7,12H,4,11H2/t7-/m1/s1. The highest BCUT2D eigenvalue weighted by Gasteiger charge is 2.10. The van der Waals surface area contributed by atoms with Gasteiger partial charge in [-0.15, -0.1) is 0 Å². The zero-order valence-corrected chi connectivity index (χ0v) is 7.81. The first-order chi connectivity index (χ1) is 5.66. The van der Waals surface area contributed by atoms with Crippen LogP contribution in [0.5, 0.6) is 0 Å². The van der Waals surface area contributed by atoms with Crippen LogP contribution in [0.1, 0.15) is 11.6 Å². The van der Waals surface area contributed by atoms with Crippen molar-refractivity contribution in [1.29, 1.82) is 0 Å². The Kier molecular flexibility index (Phi) is 3.35. The summed E-state index contributed by atoms with van der Waals surface area (Å²) in [4.78, 5) is 0. The molecule has 0 amide bonds. The van der Waals surface area contributed by atoms with E-state index in [9.17, 15) is 0 Å². The van der Waals surface area contributed by atoms with Gasteiger partial charge in [-0.25, -0.2) is 0 Å². The molecule has 1 aromatic carbocycles. The highest BCUT2D eigenvalue weighted by atomic mass is 35.5. The van der Waals surface area contributed by atoms with E-state index in [1.165, 1.54) is 0 Å². The Labute approximate surface area is 80.9 Å². The molecular formula is C8H9Cl2NO. The van der Waals surface area contributed by atoms with Gasteiger partial charge in [0.05, 0.1) is 22.7 Å². The first-order valence-electron chi connectivity index (χ1n) is 3.47. The van der Waals surface area contributed by atoms with Crippen LogP contribution in [0.3, 0.4) is 0 Å². The Bertz CT molecular complexity index is 278. The van der Waals surface area contributed by atoms with Crippen LogP contribution in [0, 0.1) is 0 Å². The van der Waals surface area contributed by atoms with Gasteiger partial charge in [-0.1, -0.05) is 35.3 Å². The Hall–Kier alpha value is -0.280. The molecule has 0 saturated heterocycles. The first kappa shape index (κ1) is 9.81. The minimum Gasteiger partial charge on any atom is -0.394 e. The third-order valence-electron chi connectivity index (χ3n) is 1.58. The Morgan fingerprint density at radius 1 is 1.42 bits per heavy atom. The predicted octanol–water partition coefficient (Wildman–Crippen LogP) is 1.99. The normalized spacial score (nSPS) is 13.0. The maximum absolute atomic E-state index is 8.78. The lowest BCUT2D eigenvalue weighted by Gasteiger charge is -2.10. The second kappa shape index (κ2) is 4.10. The van der Waals surface area contributed by atoms with Crippen molar-refractivity contribution >= 4 is 23.2 Å². The summed E-state index contributed by atoms with van der Waals surface area (Å²) in [5.74, 6) is 0. The molecule has 4 heteroatoms. The summed E-state index contributed by atoms with van der Waals surface area (Å²) in [6, 6.07) is 4.71. The van der Waals surface area contributed by atoms with Crippen LogP contribution in [-0.4, -0.2) is 11.7 Å². The van der Waals surface area contributed by atoms with Gasteiger partial charge in [-0.05, 0) is 11.6 Å². The van der Waals surface area contributed by atoms with Gasteiger partial charge in [-0.2, -0.15) is 0 Å². The first-order valence-corrected chi connectivity index (χ1v) is 4.22. The summed E-state index contributed by atoms with van der Waals surface area (Å²) >= 11 is 11.6. The highest BCUT2D eigenvalue weighted by Crippen LogP contribution is 2.28. The van der Waals surface area contributed by atoms with Crippen LogP contribution >= 0.6 is 23.2 Å². The number of hydrogen-bond acceptors (Lipinski definition) is 2. The van der Waals surface area contributed by atoms with Gasteiger partial charge in [0.1, 0.15) is 0 Å². The van der Waals surface area contributed by atoms with E-state index >= 15 is 0 Å². The van der Waals surface area contributed by atoms with Crippen molar-refractivity contribution in [3.05, 3.63) is 33.8 Å². The van der Waals surface area contributed by atoms with Crippen molar-refractivity contribution in [3.8, 4) is 0 Å². The molecule has 66 valence electrons. The summed E-state index contributed by atoms with van der Waals surface area (Å²) in [5, 5.41) is 9.65. The Morgan fingerprint density at radius 2 is 2.08 bits per heavy atom. The van der Waals surface area contributed by atoms with E-state index in [2.05, 4.69) is 0 Å². The van der Waals surface area contributed by atoms with Crippen LogP contribution in [0.4, 0.5) is 0 Å². The van der Waals surface area contributed by atoms with Gasteiger partial charge in [0, 0.05) is 0 Å². The molecule has 0 saturated carbocycles. The van der Waals surface area contributed by atoms with Crippen molar-refractivity contribution in [2.45, 2.75) is 6.04 Å². The molecule has 1 atom stereocenters. The average molecular weight is 206 g/mol. The second-order valence-corrected chi connectivity index (χ2v) is 3.22. The lowest BCUT2D eigenvalue weighted by atomic mass is 10.1. The molecule has 0 aliphatic heterocycles. The SMILES string of the molecule is N[C@H](CO)c1cccc(Cl)c1Cl. The Morgan fingerprint density at radius 3 is 2.67 bits per heavy atom. The van der Waals surface area contributed by atoms with E-state index in [4.69, 9.17) is 34.0 Å². The van der Waals surface area contributed by atoms with E-state index in [0.29, 0.717) is 15.6 Å². The zero-order valence-electron chi connectivity index (χ0n) is 6.30. The average Bonchev–Trinajstić information content (AvgIpc) is 2.08. The Balaban J connectivity index is 3.07. The van der Waals surface area contributed by atoms with Crippen LogP contribution in [0.2, 0.25) is 10.0 Å². The van der Waals surface area contributed by atoms with E-state index in [1.807, 2.05) is 0 Å². The molecule has 12 heavy (non-hydrogen) atoms. The quantitative estimate of drug-likeness (QED) is 0.777. The van der Waals surface area contributed by atoms with Crippen LogP contribution in [0.25, 0.3) is 0 Å². The molecule has 0 fully saturated rings. The molecule has 0 heterocycles. The van der Waals surface area contributed by atoms with E-state index in [-0.39, 0.29) is 6.61 Å². The third kappa shape index (κ3) is 1.90. The van der Waals surface area contributed by atoms with Gasteiger partial charge in [0.2, 0.25) is 0 Å². The molecule has 0 aliphatic rings. The summed E-state index contributed by atoms with van der Waals surface area (Å²) in [5.41, 5.74) is 6.24. The number of nitrogens with two attached hydrogens (primary N) is 1. The fourth-order valence-corrected chi connectivity index (χ4v) is 1.35. The molecule has 0 radical (unpaired) electrons. The fraction of sp³-hybridized carbons (Fsp3) is 0.250. The molecule has 0 aromatic heterocycles. The molecule has 2 nitrogen and oxygen atoms in total. The van der Waals surface area contributed by atoms with Gasteiger partial charge >= 0.3 is 0 Å². The van der Waals surface area contributed by atoms with Gasteiger partial charge in [0.25, 0.3) is 0 Å². The summed E-state index contributed by atoms with van der Waals surface area (Å²) in [7, 11) is 0. The summed E-state index contributed by atoms with van der Waals surface area (Å²) in [6.45, 7) is -0.139. The predicted molar refractivity (Wildman–Crippen MR) is 50.5 cm³/mol. The monoisotopic (exact) mass is 205 g/mol. The zero-order chi connectivity index (χ0) is 9.14. The molecule has 0 aliphatic carbocycles. The van der Waals surface area contributed by atoms with Crippen molar-refractivity contribution in [1.82, 2.24) is 0 Å². The van der Waals surface area contributed by atoms with Gasteiger partial charge in [-0.3, -0.25) is 0 Å². The minimum absolute atomic E-state index is 0.139. The van der Waals surface area contributed by atoms with Gasteiger partial charge < -0.3 is 10.8 Å². The molecule has 0 spiro atoms. The number of benzene rings is 1. The van der Waals surface area contributed by atoms with E-state index in [1.54, 1.807) is 18.2 Å². The second-order valence-electron chi connectivity index (χ2n) is 2.43. The van der Waals surface area contributed by atoms with Gasteiger partial charge in [0.15, 0.2) is 0 Å². The maximum atomic E-state index is 8.78. The number of hydrogen-bond donors (Lipinski definition) is 2. The van der Waals surface area contributed by atoms with Crippen LogP contribution in [0.15, 0.2) is 18.2 Å². The lowest BCUT2D eigenvalue weighted by Crippen LogP contribution is -2.14. The van der Waals surface area contributed by atoms with Crippen LogP contribution in [-0.2, 0) is 0 Å². The molecule has 1 aromatic rings. The highest BCUT2D eigenvalue weighted by molar-refractivity contribution is 6.42. The largest absolute Gasteiger partial charge is 0.394 e. The molecule has 1 rings (SSSR count). The van der Waals surface area contributed by atoms with Crippen molar-refractivity contribution in [2.75, 3.05) is 6.61 Å². The fourth-order valence-electron chi connectivity index (χ4n) is 0.905. The smallest absolute Gasteiger partial charge is 0.0640 e. The summed E-state index contributed by atoms with van der Waals surface area (Å²) < 4.78 is 0. The number of aliphatic hydroxyl groups is 1. The number of aliphatic hydroxyl groups excluding tert-OH is 1. The minimum atomic E-state index is -0.462. The van der Waals surface area contributed by atoms with Crippen molar-refractivity contribution in [2.24, 2.45) is 5.73 Å². The summed E-state index contributed by atoms with van der Waals surface area (Å²) in [6.07, 6.45) is 0. The molecule has 3 N–H and O–H groups in total. The third-order valence-corrected chi connectivity index (χ3v) is 2.41. The number of rotatable bonds is 2. The van der Waals surface area contributed by atoms with Crippen molar-refractivity contribution < 1.29 is 5.11 Å². The molecule has 0 bridgehead atoms. The molecule has 0 unspecified atom stereocenters. The molecular weight excluding hydrogens is 197 g/mol.